The number of hydrogen-bond donors (Lipinski definition) is 1. The number of likely N-dealkylation sites (tertiary alicyclic amines) is 1. The number of rotatable bonds is 4. The Hall–Kier alpha value is -1.33. The molecule has 0 aliphatic carbocycles. The van der Waals surface area contributed by atoms with Crippen LogP contribution in [0.5, 0.6) is 0 Å². The van der Waals surface area contributed by atoms with Crippen LogP contribution in [0.15, 0.2) is 24.8 Å². The van der Waals surface area contributed by atoms with Gasteiger partial charge in [0, 0.05) is 25.0 Å². The van der Waals surface area contributed by atoms with E-state index in [4.69, 9.17) is 11.6 Å². The van der Waals surface area contributed by atoms with E-state index in [1.165, 1.54) is 17.4 Å². The molecule has 2 amide bonds. The monoisotopic (exact) mass is 298 g/mol. The quantitative estimate of drug-likeness (QED) is 0.866. The summed E-state index contributed by atoms with van der Waals surface area (Å²) in [5, 5.41) is 2.88. The highest BCUT2D eigenvalue weighted by molar-refractivity contribution is 7.17. The van der Waals surface area contributed by atoms with Crippen molar-refractivity contribution < 1.29 is 9.59 Å². The molecule has 2 heterocycles. The van der Waals surface area contributed by atoms with Crippen molar-refractivity contribution in [3.05, 3.63) is 34.0 Å². The molecule has 0 radical (unpaired) electrons. The van der Waals surface area contributed by atoms with Crippen molar-refractivity contribution in [2.24, 2.45) is 5.41 Å². The predicted molar refractivity (Wildman–Crippen MR) is 76.5 cm³/mol. The maximum absolute atomic E-state index is 11.9. The van der Waals surface area contributed by atoms with Gasteiger partial charge in [-0.05, 0) is 18.2 Å². The number of carbonyl (C=O) groups excluding carboxylic acids is 2. The molecule has 1 aliphatic heterocycles. The molecule has 0 atom stereocenters. The maximum atomic E-state index is 11.9. The summed E-state index contributed by atoms with van der Waals surface area (Å²) in [4.78, 5) is 25.5. The molecule has 1 saturated heterocycles. The summed E-state index contributed by atoms with van der Waals surface area (Å²) in [5.41, 5.74) is -0.0601. The van der Waals surface area contributed by atoms with E-state index >= 15 is 0 Å². The van der Waals surface area contributed by atoms with E-state index < -0.39 is 0 Å². The molecule has 1 aromatic rings. The SMILES string of the molecule is C=CC(=O)N1CC(C)(CNC(=O)c2ccc(Cl)s2)C1. The third-order valence-electron chi connectivity index (χ3n) is 3.10. The Kier molecular flexibility index (Phi) is 3.96. The van der Waals surface area contributed by atoms with Gasteiger partial charge >= 0.3 is 0 Å². The van der Waals surface area contributed by atoms with Gasteiger partial charge in [-0.1, -0.05) is 25.1 Å². The number of nitrogens with one attached hydrogen (secondary N) is 1. The molecule has 102 valence electrons. The third-order valence-corrected chi connectivity index (χ3v) is 4.33. The van der Waals surface area contributed by atoms with Gasteiger partial charge in [0.2, 0.25) is 5.91 Å². The van der Waals surface area contributed by atoms with Gasteiger partial charge in [-0.25, -0.2) is 0 Å². The number of hydrogen-bond acceptors (Lipinski definition) is 3. The van der Waals surface area contributed by atoms with E-state index in [2.05, 4.69) is 11.9 Å². The molecule has 2 rings (SSSR count). The summed E-state index contributed by atoms with van der Waals surface area (Å²) in [5.74, 6) is -0.180. The van der Waals surface area contributed by atoms with Gasteiger partial charge in [0.1, 0.15) is 0 Å². The Morgan fingerprint density at radius 3 is 2.79 bits per heavy atom. The molecule has 19 heavy (non-hydrogen) atoms. The van der Waals surface area contributed by atoms with Gasteiger partial charge in [-0.3, -0.25) is 9.59 Å². The van der Waals surface area contributed by atoms with E-state index in [0.29, 0.717) is 28.8 Å². The number of halogens is 1. The highest BCUT2D eigenvalue weighted by Crippen LogP contribution is 2.29. The fourth-order valence-corrected chi connectivity index (χ4v) is 3.05. The van der Waals surface area contributed by atoms with Crippen molar-refractivity contribution in [1.29, 1.82) is 0 Å². The number of nitrogens with zero attached hydrogens (tertiary/aromatic N) is 1. The van der Waals surface area contributed by atoms with Crippen molar-refractivity contribution in [3.63, 3.8) is 0 Å². The minimum Gasteiger partial charge on any atom is -0.351 e. The van der Waals surface area contributed by atoms with Gasteiger partial charge in [-0.15, -0.1) is 11.3 Å². The molecule has 4 nitrogen and oxygen atoms in total. The van der Waals surface area contributed by atoms with Crippen LogP contribution in [0, 0.1) is 5.41 Å². The van der Waals surface area contributed by atoms with Crippen molar-refractivity contribution in [2.45, 2.75) is 6.92 Å². The Labute approximate surface area is 121 Å². The lowest BCUT2D eigenvalue weighted by Crippen LogP contribution is -2.60. The molecule has 6 heteroatoms. The Morgan fingerprint density at radius 1 is 1.58 bits per heavy atom. The van der Waals surface area contributed by atoms with Gasteiger partial charge in [0.05, 0.1) is 9.21 Å². The smallest absolute Gasteiger partial charge is 0.261 e. The minimum absolute atomic E-state index is 0.0601. The normalized spacial score (nSPS) is 16.6. The zero-order valence-electron chi connectivity index (χ0n) is 10.6. The summed E-state index contributed by atoms with van der Waals surface area (Å²) >= 11 is 7.04. The Balaban J connectivity index is 1.82. The van der Waals surface area contributed by atoms with Crippen LogP contribution in [0.2, 0.25) is 4.34 Å². The molecule has 0 bridgehead atoms. The summed E-state index contributed by atoms with van der Waals surface area (Å²) in [6, 6.07) is 3.41. The highest BCUT2D eigenvalue weighted by atomic mass is 35.5. The average Bonchev–Trinajstić information content (AvgIpc) is 2.78. The van der Waals surface area contributed by atoms with Gasteiger partial charge in [0.15, 0.2) is 0 Å². The van der Waals surface area contributed by atoms with Crippen molar-refractivity contribution in [1.82, 2.24) is 10.2 Å². The van der Waals surface area contributed by atoms with Gasteiger partial charge in [-0.2, -0.15) is 0 Å². The van der Waals surface area contributed by atoms with Crippen LogP contribution in [-0.4, -0.2) is 36.3 Å². The lowest BCUT2D eigenvalue weighted by atomic mass is 9.81. The highest BCUT2D eigenvalue weighted by Gasteiger charge is 2.40. The number of carbonyl (C=O) groups is 2. The topological polar surface area (TPSA) is 49.4 Å². The second-order valence-corrected chi connectivity index (χ2v) is 6.71. The average molecular weight is 299 g/mol. The summed E-state index contributed by atoms with van der Waals surface area (Å²) < 4.78 is 0.600. The lowest BCUT2D eigenvalue weighted by molar-refractivity contribution is -0.136. The Morgan fingerprint density at radius 2 is 2.26 bits per heavy atom. The van der Waals surface area contributed by atoms with Gasteiger partial charge < -0.3 is 10.2 Å². The van der Waals surface area contributed by atoms with E-state index in [1.54, 1.807) is 17.0 Å². The Bertz CT molecular complexity index is 520. The third kappa shape index (κ3) is 3.16. The van der Waals surface area contributed by atoms with Crippen molar-refractivity contribution in [2.75, 3.05) is 19.6 Å². The molecule has 0 saturated carbocycles. The second kappa shape index (κ2) is 5.35. The van der Waals surface area contributed by atoms with Crippen LogP contribution >= 0.6 is 22.9 Å². The fraction of sp³-hybridized carbons (Fsp3) is 0.385. The van der Waals surface area contributed by atoms with E-state index in [9.17, 15) is 9.59 Å². The molecular weight excluding hydrogens is 284 g/mol. The summed E-state index contributed by atoms with van der Waals surface area (Å²) in [7, 11) is 0. The lowest BCUT2D eigenvalue weighted by Gasteiger charge is -2.47. The summed E-state index contributed by atoms with van der Waals surface area (Å²) in [6.45, 7) is 7.33. The molecule has 1 fully saturated rings. The zero-order valence-corrected chi connectivity index (χ0v) is 12.2. The largest absolute Gasteiger partial charge is 0.351 e. The summed E-state index contributed by atoms with van der Waals surface area (Å²) in [6.07, 6.45) is 1.31. The van der Waals surface area contributed by atoms with Crippen LogP contribution in [0.1, 0.15) is 16.6 Å². The van der Waals surface area contributed by atoms with Gasteiger partial charge in [0.25, 0.3) is 5.91 Å². The molecule has 1 aliphatic rings. The fourth-order valence-electron chi connectivity index (χ4n) is 2.09. The molecular formula is C13H15ClN2O2S. The predicted octanol–water partition coefficient (Wildman–Crippen LogP) is 2.17. The van der Waals surface area contributed by atoms with Crippen molar-refractivity contribution >= 4 is 34.8 Å². The second-order valence-electron chi connectivity index (χ2n) is 5.00. The van der Waals surface area contributed by atoms with E-state index in [1.807, 2.05) is 6.92 Å². The van der Waals surface area contributed by atoms with E-state index in [0.717, 1.165) is 0 Å². The first-order chi connectivity index (χ1) is 8.93. The zero-order chi connectivity index (χ0) is 14.0. The standard InChI is InChI=1S/C13H15ClN2O2S/c1-3-11(17)16-7-13(2,8-16)6-15-12(18)9-4-5-10(14)19-9/h3-5H,1,6-8H2,2H3,(H,15,18). The van der Waals surface area contributed by atoms with Crippen LogP contribution in [0.25, 0.3) is 0 Å². The first kappa shape index (κ1) is 14.1. The van der Waals surface area contributed by atoms with Crippen molar-refractivity contribution in [3.8, 4) is 0 Å². The molecule has 0 aromatic carbocycles. The first-order valence-corrected chi connectivity index (χ1v) is 7.08. The molecule has 1 N–H and O–H groups in total. The van der Waals surface area contributed by atoms with Crippen LogP contribution in [0.3, 0.4) is 0 Å². The van der Waals surface area contributed by atoms with Crippen LogP contribution in [-0.2, 0) is 4.79 Å². The maximum Gasteiger partial charge on any atom is 0.261 e. The molecule has 0 unspecified atom stereocenters. The number of thiophene rings is 1. The number of amides is 2. The minimum atomic E-state index is -0.119. The molecule has 1 aromatic heterocycles. The van der Waals surface area contributed by atoms with Crippen LogP contribution in [0.4, 0.5) is 0 Å². The van der Waals surface area contributed by atoms with E-state index in [-0.39, 0.29) is 17.2 Å². The van der Waals surface area contributed by atoms with Crippen LogP contribution < -0.4 is 5.32 Å². The first-order valence-electron chi connectivity index (χ1n) is 5.88. The molecule has 0 spiro atoms.